The lowest BCUT2D eigenvalue weighted by molar-refractivity contribution is -0.127. The molecule has 0 radical (unpaired) electrons. The van der Waals surface area contributed by atoms with Crippen LogP contribution >= 0.6 is 0 Å². The number of carbonyl (C=O) groups excluding carboxylic acids is 1. The summed E-state index contributed by atoms with van der Waals surface area (Å²) in [6.45, 7) is 2.48. The van der Waals surface area contributed by atoms with Crippen LogP contribution in [0.1, 0.15) is 62.8 Å². The van der Waals surface area contributed by atoms with Gasteiger partial charge in [-0.15, -0.1) is 0 Å². The fraction of sp³-hybridized carbons (Fsp3) is 0.636. The lowest BCUT2D eigenvalue weighted by Gasteiger charge is -2.24. The number of anilines is 3. The molecule has 5 rings (SSSR count). The first-order valence-electron chi connectivity index (χ1n) is 11.4. The SMILES string of the molecule is O=C(NCCCNc1nc(Nc2cnn(CC3CC3)c2)ncc1C1CC1)C1CCC1. The van der Waals surface area contributed by atoms with E-state index >= 15 is 0 Å². The maximum absolute atomic E-state index is 11.9. The van der Waals surface area contributed by atoms with E-state index in [1.165, 1.54) is 37.7 Å². The maximum Gasteiger partial charge on any atom is 0.229 e. The zero-order valence-corrected chi connectivity index (χ0v) is 17.4. The summed E-state index contributed by atoms with van der Waals surface area (Å²) in [6.07, 6.45) is 15.0. The maximum atomic E-state index is 11.9. The lowest BCUT2D eigenvalue weighted by Crippen LogP contribution is -2.35. The van der Waals surface area contributed by atoms with Crippen LogP contribution in [0.3, 0.4) is 0 Å². The summed E-state index contributed by atoms with van der Waals surface area (Å²) < 4.78 is 2.00. The lowest BCUT2D eigenvalue weighted by atomic mass is 9.85. The third-order valence-electron chi connectivity index (χ3n) is 6.29. The molecule has 160 valence electrons. The summed E-state index contributed by atoms with van der Waals surface area (Å²) >= 11 is 0. The van der Waals surface area contributed by atoms with Crippen LogP contribution in [0.15, 0.2) is 18.6 Å². The molecule has 2 aromatic rings. The van der Waals surface area contributed by atoms with E-state index < -0.39 is 0 Å². The largest absolute Gasteiger partial charge is 0.370 e. The number of hydrogen-bond donors (Lipinski definition) is 3. The molecule has 3 saturated carbocycles. The van der Waals surface area contributed by atoms with Crippen molar-refractivity contribution in [1.29, 1.82) is 0 Å². The molecule has 3 N–H and O–H groups in total. The Hall–Kier alpha value is -2.64. The topological polar surface area (TPSA) is 96.8 Å². The first-order valence-corrected chi connectivity index (χ1v) is 11.4. The second-order valence-corrected chi connectivity index (χ2v) is 8.99. The van der Waals surface area contributed by atoms with Crippen LogP contribution in [0.25, 0.3) is 0 Å². The Morgan fingerprint density at radius 3 is 2.70 bits per heavy atom. The molecule has 0 aliphatic heterocycles. The fourth-order valence-corrected chi connectivity index (χ4v) is 3.83. The predicted octanol–water partition coefficient (Wildman–Crippen LogP) is 3.42. The van der Waals surface area contributed by atoms with Crippen molar-refractivity contribution in [3.05, 3.63) is 24.2 Å². The minimum atomic E-state index is 0.218. The first-order chi connectivity index (χ1) is 14.7. The molecule has 0 atom stereocenters. The Morgan fingerprint density at radius 2 is 1.97 bits per heavy atom. The van der Waals surface area contributed by atoms with Gasteiger partial charge in [-0.2, -0.15) is 10.1 Å². The number of nitrogens with zero attached hydrogens (tertiary/aromatic N) is 4. The molecule has 3 aliphatic carbocycles. The van der Waals surface area contributed by atoms with E-state index in [0.29, 0.717) is 18.4 Å². The van der Waals surface area contributed by atoms with E-state index in [4.69, 9.17) is 4.98 Å². The summed E-state index contributed by atoms with van der Waals surface area (Å²) in [5.74, 6) is 3.33. The minimum absolute atomic E-state index is 0.218. The van der Waals surface area contributed by atoms with Crippen LogP contribution in [0, 0.1) is 11.8 Å². The van der Waals surface area contributed by atoms with Crippen molar-refractivity contribution >= 4 is 23.4 Å². The van der Waals surface area contributed by atoms with Crippen LogP contribution in [0.2, 0.25) is 0 Å². The number of aromatic nitrogens is 4. The molecule has 0 bridgehead atoms. The molecular weight excluding hydrogens is 378 g/mol. The molecule has 8 nitrogen and oxygen atoms in total. The molecule has 2 heterocycles. The number of hydrogen-bond acceptors (Lipinski definition) is 6. The Bertz CT molecular complexity index is 883. The highest BCUT2D eigenvalue weighted by atomic mass is 16.1. The monoisotopic (exact) mass is 409 g/mol. The third kappa shape index (κ3) is 4.91. The molecule has 0 saturated heterocycles. The summed E-state index contributed by atoms with van der Waals surface area (Å²) in [5.41, 5.74) is 2.11. The van der Waals surface area contributed by atoms with Crippen molar-refractivity contribution in [2.75, 3.05) is 23.7 Å². The van der Waals surface area contributed by atoms with Gasteiger partial charge in [-0.25, -0.2) is 4.98 Å². The van der Waals surface area contributed by atoms with Crippen molar-refractivity contribution < 1.29 is 4.79 Å². The number of carbonyl (C=O) groups is 1. The van der Waals surface area contributed by atoms with Crippen LogP contribution in [-0.2, 0) is 11.3 Å². The van der Waals surface area contributed by atoms with Crippen molar-refractivity contribution in [2.24, 2.45) is 11.8 Å². The van der Waals surface area contributed by atoms with E-state index in [-0.39, 0.29) is 11.8 Å². The Morgan fingerprint density at radius 1 is 1.10 bits per heavy atom. The van der Waals surface area contributed by atoms with Crippen molar-refractivity contribution in [3.63, 3.8) is 0 Å². The van der Waals surface area contributed by atoms with E-state index in [9.17, 15) is 4.79 Å². The Kier molecular flexibility index (Phi) is 5.55. The highest BCUT2D eigenvalue weighted by Gasteiger charge is 2.28. The number of rotatable bonds is 11. The third-order valence-corrected chi connectivity index (χ3v) is 6.29. The van der Waals surface area contributed by atoms with Gasteiger partial charge in [0.15, 0.2) is 0 Å². The summed E-state index contributed by atoms with van der Waals surface area (Å²) in [7, 11) is 0. The second kappa shape index (κ2) is 8.62. The molecule has 3 aliphatic rings. The molecule has 0 spiro atoms. The van der Waals surface area contributed by atoms with Gasteiger partial charge in [0.05, 0.1) is 11.9 Å². The van der Waals surface area contributed by atoms with Gasteiger partial charge < -0.3 is 16.0 Å². The van der Waals surface area contributed by atoms with Gasteiger partial charge in [0.25, 0.3) is 0 Å². The first kappa shape index (κ1) is 19.3. The average Bonchev–Trinajstić information content (AvgIpc) is 3.60. The van der Waals surface area contributed by atoms with Gasteiger partial charge in [-0.1, -0.05) is 6.42 Å². The second-order valence-electron chi connectivity index (χ2n) is 8.99. The summed E-state index contributed by atoms with van der Waals surface area (Å²) in [6, 6.07) is 0. The van der Waals surface area contributed by atoms with Gasteiger partial charge in [0.2, 0.25) is 11.9 Å². The fourth-order valence-electron chi connectivity index (χ4n) is 3.83. The minimum Gasteiger partial charge on any atom is -0.370 e. The van der Waals surface area contributed by atoms with Crippen LogP contribution < -0.4 is 16.0 Å². The molecule has 0 aromatic carbocycles. The van der Waals surface area contributed by atoms with Crippen LogP contribution in [-0.4, -0.2) is 38.7 Å². The summed E-state index contributed by atoms with van der Waals surface area (Å²) in [5, 5.41) is 14.2. The highest BCUT2D eigenvalue weighted by molar-refractivity contribution is 5.79. The Balaban J connectivity index is 1.14. The van der Waals surface area contributed by atoms with Crippen molar-refractivity contribution in [1.82, 2.24) is 25.1 Å². The molecule has 3 fully saturated rings. The van der Waals surface area contributed by atoms with E-state index in [1.54, 1.807) is 0 Å². The predicted molar refractivity (Wildman–Crippen MR) is 116 cm³/mol. The van der Waals surface area contributed by atoms with E-state index in [2.05, 4.69) is 26.0 Å². The summed E-state index contributed by atoms with van der Waals surface area (Å²) in [4.78, 5) is 21.2. The van der Waals surface area contributed by atoms with Gasteiger partial charge >= 0.3 is 0 Å². The Labute approximate surface area is 177 Å². The molecule has 8 heteroatoms. The molecule has 2 aromatic heterocycles. The van der Waals surface area contributed by atoms with Crippen LogP contribution in [0.4, 0.5) is 17.5 Å². The zero-order chi connectivity index (χ0) is 20.3. The quantitative estimate of drug-likeness (QED) is 0.492. The number of nitrogens with one attached hydrogen (secondary N) is 3. The molecular formula is C22H31N7O. The van der Waals surface area contributed by atoms with Crippen LogP contribution in [0.5, 0.6) is 0 Å². The van der Waals surface area contributed by atoms with Crippen molar-refractivity contribution in [2.45, 2.75) is 63.8 Å². The molecule has 30 heavy (non-hydrogen) atoms. The zero-order valence-electron chi connectivity index (χ0n) is 17.4. The molecule has 1 amide bonds. The van der Waals surface area contributed by atoms with Gasteiger partial charge in [-0.3, -0.25) is 9.48 Å². The van der Waals surface area contributed by atoms with E-state index in [0.717, 1.165) is 49.8 Å². The average molecular weight is 410 g/mol. The van der Waals surface area contributed by atoms with Gasteiger partial charge in [0, 0.05) is 43.5 Å². The standard InChI is InChI=1S/C22H31N7O/c30-21(17-3-1-4-17)24-10-2-9-23-20-19(16-7-8-16)12-25-22(28-20)27-18-11-26-29(14-18)13-15-5-6-15/h11-12,14-17H,1-10,13H2,(H,24,30)(H2,23,25,27,28). The van der Waals surface area contributed by atoms with Gasteiger partial charge in [-0.05, 0) is 56.8 Å². The number of amides is 1. The smallest absolute Gasteiger partial charge is 0.229 e. The normalized spacial score (nSPS) is 18.7. The van der Waals surface area contributed by atoms with E-state index in [1.807, 2.05) is 23.3 Å². The van der Waals surface area contributed by atoms with Crippen molar-refractivity contribution in [3.8, 4) is 0 Å². The molecule has 0 unspecified atom stereocenters. The highest BCUT2D eigenvalue weighted by Crippen LogP contribution is 2.42. The van der Waals surface area contributed by atoms with Gasteiger partial charge in [0.1, 0.15) is 5.82 Å².